The first-order valence-corrected chi connectivity index (χ1v) is 38.0. The first-order valence-electron chi connectivity index (χ1n) is 36.9. The first kappa shape index (κ1) is 94.2. The van der Waals surface area contributed by atoms with E-state index in [1.807, 2.05) is 0 Å². The van der Waals surface area contributed by atoms with Crippen LogP contribution in [0.15, 0.2) is 0 Å². The quantitative estimate of drug-likeness (QED) is 0.0322. The van der Waals surface area contributed by atoms with E-state index in [0.717, 1.165) is 99.8 Å². The van der Waals surface area contributed by atoms with E-state index in [1.165, 1.54) is 270 Å². The normalized spacial score (nSPS) is 11.3. The average Bonchev–Trinajstić information content (AvgIpc) is 3.67. The van der Waals surface area contributed by atoms with Gasteiger partial charge in [-0.3, -0.25) is 14.4 Å². The summed E-state index contributed by atoms with van der Waals surface area (Å²) in [6, 6.07) is 0. The summed E-state index contributed by atoms with van der Waals surface area (Å²) in [5.74, 6) is 1.81. The molecule has 0 aromatic carbocycles. The zero-order chi connectivity index (χ0) is 62.6. The van der Waals surface area contributed by atoms with Crippen molar-refractivity contribution in [3.63, 3.8) is 0 Å². The molecule has 3 N–H and O–H groups in total. The lowest BCUT2D eigenvalue weighted by molar-refractivity contribution is -0.945. The topological polar surface area (TPSA) is 90.5 Å². The fourth-order valence-corrected chi connectivity index (χ4v) is 11.1. The third-order valence-electron chi connectivity index (χ3n) is 17.0. The molecule has 0 saturated carbocycles. The number of nitrogens with one attached hydrogen (secondary N) is 3. The van der Waals surface area contributed by atoms with Crippen LogP contribution in [0.5, 0.6) is 0 Å². The molecule has 0 aliphatic rings. The summed E-state index contributed by atoms with van der Waals surface area (Å²) in [5, 5.41) is 9.36. The van der Waals surface area contributed by atoms with E-state index in [-0.39, 0.29) is 42.5 Å². The van der Waals surface area contributed by atoms with Crippen LogP contribution >= 0.6 is 23.2 Å². The number of rotatable bonds is 64. The molecule has 0 heterocycles. The highest BCUT2D eigenvalue weighted by molar-refractivity contribution is 6.25. The molecule has 86 heavy (non-hydrogen) atoms. The van der Waals surface area contributed by atoms with Gasteiger partial charge in [0.25, 0.3) is 0 Å². The number of halogens is 4. The highest BCUT2D eigenvalue weighted by Crippen LogP contribution is 2.17. The molecule has 0 rings (SSSR count). The maximum Gasteiger partial charge on any atom is 0.219 e. The standard InChI is InChI=1S/C48H98N4O2.C23H48N2O.C2H4Cl2.2ClH/c1-7-9-11-13-15-17-19-21-23-25-27-29-31-33-35-39-47(53)49-41-37-43-51(3,4)45-46-52(5,6)44-38-42-50-48(54)40-36-34-32-30-28-26-24-22-20-18-16-14-12-10-8-2;1-4-5-6-7-8-9-10-11-12-13-14-15-16-17-18-20-23(26)24-21-19-22-25(2)3;3-1-2-4;;/h7-46H2,1-6H3;4-22H2,1-3H3,(H,24,26);1-2H2;2*1H. The number of hydrogen-bond donors (Lipinski definition) is 3. The SMILES string of the molecule is CCCCCCCCCCCCCCCCCC(=O)NCCCN(C)C.CCCCCCCCCCCCCCCCCC(=O)NCCC[N+](C)(C)CC[N+](C)(C)CCCNC(=O)CCCCCCCCCCCCCCCCC.ClCCCl.[Cl-].[Cl-]. The Labute approximate surface area is 561 Å². The second-order valence-electron chi connectivity index (χ2n) is 27.2. The number of likely N-dealkylation sites (N-methyl/N-ethyl adjacent to an activating group) is 2. The van der Waals surface area contributed by atoms with Gasteiger partial charge in [0.05, 0.1) is 41.3 Å². The minimum absolute atomic E-state index is 0. The van der Waals surface area contributed by atoms with Crippen molar-refractivity contribution in [2.45, 2.75) is 348 Å². The van der Waals surface area contributed by atoms with E-state index < -0.39 is 0 Å². The average molecular weight is 1300 g/mol. The second-order valence-corrected chi connectivity index (χ2v) is 27.9. The van der Waals surface area contributed by atoms with Gasteiger partial charge in [-0.15, -0.1) is 23.2 Å². The number of amides is 3. The number of alkyl halides is 2. The summed E-state index contributed by atoms with van der Waals surface area (Å²) in [6.07, 6.45) is 66.4. The van der Waals surface area contributed by atoms with Gasteiger partial charge in [-0.1, -0.05) is 290 Å². The van der Waals surface area contributed by atoms with E-state index in [1.54, 1.807) is 0 Å². The summed E-state index contributed by atoms with van der Waals surface area (Å²) in [5.41, 5.74) is 0. The van der Waals surface area contributed by atoms with Gasteiger partial charge in [-0.2, -0.15) is 0 Å². The van der Waals surface area contributed by atoms with Crippen LogP contribution < -0.4 is 40.8 Å². The Bertz CT molecular complexity index is 1260. The highest BCUT2D eigenvalue weighted by atomic mass is 35.5. The minimum atomic E-state index is 0. The molecule has 0 fully saturated rings. The molecule has 0 aromatic heterocycles. The Balaban J connectivity index is -0.000000570. The number of nitrogens with zero attached hydrogens (tertiary/aromatic N) is 3. The maximum atomic E-state index is 12.3. The molecule has 0 radical (unpaired) electrons. The first-order chi connectivity index (χ1) is 40.7. The Morgan fingerprint density at radius 1 is 0.291 bits per heavy atom. The Morgan fingerprint density at radius 2 is 0.477 bits per heavy atom. The molecule has 0 aliphatic carbocycles. The molecule has 0 atom stereocenters. The summed E-state index contributed by atoms with van der Waals surface area (Å²) >= 11 is 10.1. The van der Waals surface area contributed by atoms with Crippen molar-refractivity contribution in [2.24, 2.45) is 0 Å². The van der Waals surface area contributed by atoms with Crippen molar-refractivity contribution in [3.8, 4) is 0 Å². The molecular weight excluding hydrogens is 1150 g/mol. The molecule has 0 aromatic rings. The monoisotopic (exact) mass is 1300 g/mol. The molecular formula is C73H152Cl4N6O3. The van der Waals surface area contributed by atoms with Gasteiger partial charge in [-0.05, 0) is 46.3 Å². The van der Waals surface area contributed by atoms with E-state index in [9.17, 15) is 14.4 Å². The van der Waals surface area contributed by atoms with Gasteiger partial charge in [0.15, 0.2) is 0 Å². The van der Waals surface area contributed by atoms with E-state index in [0.29, 0.717) is 31.0 Å². The molecule has 13 heteroatoms. The summed E-state index contributed by atoms with van der Waals surface area (Å²) in [7, 11) is 13.4. The van der Waals surface area contributed by atoms with Crippen LogP contribution in [0, 0.1) is 0 Å². The number of hydrogen-bond acceptors (Lipinski definition) is 4. The van der Waals surface area contributed by atoms with Gasteiger partial charge < -0.3 is 54.6 Å². The lowest BCUT2D eigenvalue weighted by Gasteiger charge is -2.35. The molecule has 0 bridgehead atoms. The summed E-state index contributed by atoms with van der Waals surface area (Å²) < 4.78 is 1.96. The van der Waals surface area contributed by atoms with Crippen molar-refractivity contribution >= 4 is 40.9 Å². The fourth-order valence-electron chi connectivity index (χ4n) is 11.1. The second kappa shape index (κ2) is 76.9. The van der Waals surface area contributed by atoms with Gasteiger partial charge in [0.2, 0.25) is 17.7 Å². The van der Waals surface area contributed by atoms with Crippen molar-refractivity contribution in [1.82, 2.24) is 20.9 Å². The fraction of sp³-hybridized carbons (Fsp3) is 0.959. The third-order valence-corrected chi connectivity index (χ3v) is 17.6. The smallest absolute Gasteiger partial charge is 0.219 e. The number of unbranched alkanes of at least 4 members (excludes halogenated alkanes) is 42. The predicted octanol–water partition coefficient (Wildman–Crippen LogP) is 14.5. The van der Waals surface area contributed by atoms with Gasteiger partial charge in [0.1, 0.15) is 13.1 Å². The van der Waals surface area contributed by atoms with E-state index in [2.05, 4.69) is 83.9 Å². The van der Waals surface area contributed by atoms with Crippen molar-refractivity contribution < 1.29 is 48.2 Å². The Morgan fingerprint density at radius 3 is 0.663 bits per heavy atom. The van der Waals surface area contributed by atoms with Gasteiger partial charge in [0, 0.05) is 63.5 Å². The molecule has 520 valence electrons. The number of carbonyl (C=O) groups is 3. The van der Waals surface area contributed by atoms with Crippen LogP contribution in [0.4, 0.5) is 0 Å². The highest BCUT2D eigenvalue weighted by Gasteiger charge is 2.22. The Hall–Kier alpha value is -0.550. The van der Waals surface area contributed by atoms with E-state index in [4.69, 9.17) is 23.2 Å². The predicted molar refractivity (Wildman–Crippen MR) is 375 cm³/mol. The van der Waals surface area contributed by atoms with Crippen molar-refractivity contribution in [2.75, 3.05) is 106 Å². The van der Waals surface area contributed by atoms with Crippen molar-refractivity contribution in [3.05, 3.63) is 0 Å². The minimum Gasteiger partial charge on any atom is -1.00 e. The maximum absolute atomic E-state index is 12.3. The van der Waals surface area contributed by atoms with Gasteiger partial charge in [-0.25, -0.2) is 0 Å². The van der Waals surface area contributed by atoms with Crippen LogP contribution in [-0.2, 0) is 14.4 Å². The van der Waals surface area contributed by atoms with Crippen LogP contribution in [0.1, 0.15) is 348 Å². The molecule has 9 nitrogen and oxygen atoms in total. The molecule has 0 unspecified atom stereocenters. The largest absolute Gasteiger partial charge is 1.00 e. The summed E-state index contributed by atoms with van der Waals surface area (Å²) in [6.45, 7) is 14.7. The molecule has 0 saturated heterocycles. The summed E-state index contributed by atoms with van der Waals surface area (Å²) in [4.78, 5) is 38.5. The van der Waals surface area contributed by atoms with Crippen LogP contribution in [0.25, 0.3) is 0 Å². The lowest BCUT2D eigenvalue weighted by atomic mass is 10.0. The third kappa shape index (κ3) is 85.5. The number of carbonyl (C=O) groups excluding carboxylic acids is 3. The zero-order valence-electron chi connectivity index (χ0n) is 59.2. The Kier molecular flexibility index (Phi) is 84.2. The van der Waals surface area contributed by atoms with Gasteiger partial charge >= 0.3 is 0 Å². The lowest BCUT2D eigenvalue weighted by Crippen LogP contribution is -3.00. The number of quaternary nitrogens is 2. The van der Waals surface area contributed by atoms with E-state index >= 15 is 0 Å². The molecule has 0 aliphatic heterocycles. The van der Waals surface area contributed by atoms with Crippen molar-refractivity contribution in [1.29, 1.82) is 0 Å². The van der Waals surface area contributed by atoms with Crippen LogP contribution in [0.2, 0.25) is 0 Å². The van der Waals surface area contributed by atoms with Crippen LogP contribution in [-0.4, -0.2) is 138 Å². The van der Waals surface area contributed by atoms with Crippen LogP contribution in [0.3, 0.4) is 0 Å². The molecule has 3 amide bonds. The zero-order valence-corrected chi connectivity index (χ0v) is 62.2. The molecule has 0 spiro atoms.